The first-order valence-electron chi connectivity index (χ1n) is 13.9. The van der Waals surface area contributed by atoms with Gasteiger partial charge in [-0.1, -0.05) is 12.1 Å². The highest BCUT2D eigenvalue weighted by Gasteiger charge is 2.45. The number of hydrogen-bond acceptors (Lipinski definition) is 9. The maximum atomic E-state index is 13.8. The zero-order chi connectivity index (χ0) is 30.9. The Morgan fingerprint density at radius 1 is 1.05 bits per heavy atom. The number of hydrogen-bond donors (Lipinski definition) is 3. The number of aromatic amines is 1. The van der Waals surface area contributed by atoms with E-state index >= 15 is 0 Å². The average Bonchev–Trinajstić information content (AvgIpc) is 3.43. The van der Waals surface area contributed by atoms with E-state index in [-0.39, 0.29) is 12.5 Å². The number of imidazole rings is 1. The van der Waals surface area contributed by atoms with Crippen molar-refractivity contribution in [3.63, 3.8) is 0 Å². The Labute approximate surface area is 247 Å². The smallest absolute Gasteiger partial charge is 0.311 e. The summed E-state index contributed by atoms with van der Waals surface area (Å²) >= 11 is 0. The number of aromatic nitrogens is 2. The quantitative estimate of drug-likeness (QED) is 0.100. The van der Waals surface area contributed by atoms with Gasteiger partial charge < -0.3 is 24.9 Å². The number of methoxy groups -OCH3 is 2. The number of imide groups is 1. The van der Waals surface area contributed by atoms with E-state index in [1.165, 1.54) is 23.1 Å². The molecule has 0 atom stereocenters. The largest absolute Gasteiger partial charge is 0.502 e. The van der Waals surface area contributed by atoms with E-state index < -0.39 is 27.7 Å². The van der Waals surface area contributed by atoms with Crippen LogP contribution in [0.2, 0.25) is 0 Å². The van der Waals surface area contributed by atoms with Crippen LogP contribution < -0.4 is 14.8 Å². The number of phenolic OH excluding ortho intramolecular Hbond substituents is 1. The molecule has 2 amide bonds. The number of nitrogens with one attached hydrogen (secondary N) is 2. The molecule has 224 valence electrons. The number of benzene rings is 3. The number of fused-ring (bicyclic) bond motifs is 3. The van der Waals surface area contributed by atoms with Crippen LogP contribution in [0, 0.1) is 10.1 Å². The van der Waals surface area contributed by atoms with Gasteiger partial charge in [-0.3, -0.25) is 24.6 Å². The van der Waals surface area contributed by atoms with Crippen LogP contribution in [0.4, 0.5) is 5.69 Å². The van der Waals surface area contributed by atoms with Crippen LogP contribution in [0.25, 0.3) is 22.4 Å². The Bertz CT molecular complexity index is 1730. The van der Waals surface area contributed by atoms with E-state index in [4.69, 9.17) is 9.47 Å². The normalized spacial score (nSPS) is 14.2. The number of H-pyrrole nitrogens is 1. The fourth-order valence-electron chi connectivity index (χ4n) is 5.41. The van der Waals surface area contributed by atoms with E-state index in [9.17, 15) is 24.8 Å². The summed E-state index contributed by atoms with van der Waals surface area (Å²) in [6, 6.07) is 13.3. The Morgan fingerprint density at radius 2 is 1.81 bits per heavy atom. The molecule has 12 nitrogen and oxygen atoms in total. The first-order chi connectivity index (χ1) is 20.6. The van der Waals surface area contributed by atoms with Gasteiger partial charge in [0.2, 0.25) is 5.91 Å². The maximum Gasteiger partial charge on any atom is 0.311 e. The van der Waals surface area contributed by atoms with Crippen molar-refractivity contribution in [2.45, 2.75) is 32.1 Å². The standard InChI is InChI=1S/C31H33N5O7/c1-31(2)20-8-9-21-27(34-28(33-21)19-7-10-23(37)22(17-19)36(40)41)26(20)29(38)35(30(31)39)15-5-13-32-14-12-18-6-11-24(42-3)25(16-18)43-4/h6-11,16-17,32,37H,5,12-15H2,1-4H3,(H,33,34). The predicted octanol–water partition coefficient (Wildman–Crippen LogP) is 4.34. The van der Waals surface area contributed by atoms with E-state index in [1.807, 2.05) is 18.2 Å². The highest BCUT2D eigenvalue weighted by Crippen LogP contribution is 2.39. The molecule has 0 saturated heterocycles. The molecule has 0 unspecified atom stereocenters. The molecule has 0 radical (unpaired) electrons. The monoisotopic (exact) mass is 587 g/mol. The van der Waals surface area contributed by atoms with Crippen LogP contribution in [-0.4, -0.2) is 70.6 Å². The first kappa shape index (κ1) is 29.5. The predicted molar refractivity (Wildman–Crippen MR) is 160 cm³/mol. The summed E-state index contributed by atoms with van der Waals surface area (Å²) in [5.41, 5.74) is 1.90. The second kappa shape index (κ2) is 11.7. The fraction of sp³-hybridized carbons (Fsp3) is 0.323. The molecule has 0 fully saturated rings. The van der Waals surface area contributed by atoms with E-state index in [0.29, 0.717) is 64.6 Å². The van der Waals surface area contributed by atoms with Crippen LogP contribution >= 0.6 is 0 Å². The number of rotatable bonds is 11. The molecule has 0 saturated carbocycles. The molecule has 1 aromatic heterocycles. The van der Waals surface area contributed by atoms with Gasteiger partial charge in [-0.15, -0.1) is 0 Å². The van der Waals surface area contributed by atoms with E-state index in [2.05, 4.69) is 15.3 Å². The highest BCUT2D eigenvalue weighted by atomic mass is 16.6. The van der Waals surface area contributed by atoms with Crippen LogP contribution in [-0.2, 0) is 16.6 Å². The van der Waals surface area contributed by atoms with Crippen LogP contribution in [0.3, 0.4) is 0 Å². The summed E-state index contributed by atoms with van der Waals surface area (Å²) in [6.07, 6.45) is 1.33. The maximum absolute atomic E-state index is 13.8. The molecule has 0 spiro atoms. The number of nitro benzene ring substituents is 1. The van der Waals surface area contributed by atoms with Crippen molar-refractivity contribution in [1.29, 1.82) is 0 Å². The summed E-state index contributed by atoms with van der Waals surface area (Å²) in [6.45, 7) is 5.13. The molecule has 0 bridgehead atoms. The van der Waals surface area contributed by atoms with Crippen LogP contribution in [0.1, 0.15) is 41.8 Å². The Kier molecular flexibility index (Phi) is 8.05. The van der Waals surface area contributed by atoms with Crippen molar-refractivity contribution in [2.75, 3.05) is 33.9 Å². The number of carbonyl (C=O) groups excluding carboxylic acids is 2. The number of carbonyl (C=O) groups is 2. The van der Waals surface area contributed by atoms with Crippen molar-refractivity contribution in [3.05, 3.63) is 75.3 Å². The van der Waals surface area contributed by atoms with Gasteiger partial charge in [0.1, 0.15) is 11.3 Å². The lowest BCUT2D eigenvalue weighted by Gasteiger charge is -2.37. The number of nitro groups is 1. The topological polar surface area (TPSA) is 160 Å². The molecule has 1 aliphatic rings. The van der Waals surface area contributed by atoms with Gasteiger partial charge in [0.05, 0.1) is 35.6 Å². The minimum atomic E-state index is -0.964. The summed E-state index contributed by atoms with van der Waals surface area (Å²) in [5, 5.41) is 24.5. The van der Waals surface area contributed by atoms with E-state index in [1.54, 1.807) is 40.2 Å². The number of amides is 2. The van der Waals surface area contributed by atoms with Gasteiger partial charge in [0.15, 0.2) is 17.2 Å². The molecule has 2 heterocycles. The second-order valence-electron chi connectivity index (χ2n) is 10.9. The Hall–Kier alpha value is -4.97. The van der Waals surface area contributed by atoms with Crippen molar-refractivity contribution in [2.24, 2.45) is 0 Å². The van der Waals surface area contributed by atoms with E-state index in [0.717, 1.165) is 12.0 Å². The second-order valence-corrected chi connectivity index (χ2v) is 10.9. The van der Waals surface area contributed by atoms with Crippen molar-refractivity contribution >= 4 is 28.5 Å². The molecular weight excluding hydrogens is 554 g/mol. The fourth-order valence-corrected chi connectivity index (χ4v) is 5.41. The summed E-state index contributed by atoms with van der Waals surface area (Å²) in [4.78, 5) is 46.9. The third-order valence-corrected chi connectivity index (χ3v) is 7.79. The minimum absolute atomic E-state index is 0.238. The average molecular weight is 588 g/mol. The number of aromatic hydroxyl groups is 1. The lowest BCUT2D eigenvalue weighted by Crippen LogP contribution is -2.52. The molecule has 5 rings (SSSR count). The zero-order valence-electron chi connectivity index (χ0n) is 24.4. The highest BCUT2D eigenvalue weighted by molar-refractivity contribution is 6.18. The van der Waals surface area contributed by atoms with Gasteiger partial charge in [0.25, 0.3) is 5.91 Å². The van der Waals surface area contributed by atoms with Crippen LogP contribution in [0.5, 0.6) is 17.2 Å². The Morgan fingerprint density at radius 3 is 2.53 bits per heavy atom. The van der Waals surface area contributed by atoms with Crippen molar-refractivity contribution < 1.29 is 29.1 Å². The van der Waals surface area contributed by atoms with Gasteiger partial charge >= 0.3 is 5.69 Å². The van der Waals surface area contributed by atoms with Gasteiger partial charge in [-0.25, -0.2) is 4.98 Å². The van der Waals surface area contributed by atoms with Gasteiger partial charge in [-0.05, 0) is 81.2 Å². The van der Waals surface area contributed by atoms with Gasteiger partial charge in [-0.2, -0.15) is 0 Å². The molecule has 43 heavy (non-hydrogen) atoms. The number of nitrogens with zero attached hydrogens (tertiary/aromatic N) is 3. The van der Waals surface area contributed by atoms with Crippen molar-refractivity contribution in [3.8, 4) is 28.6 Å². The SMILES string of the molecule is COc1ccc(CCNCCCN2C(=O)c3c(ccc4[nH]c(-c5ccc(O)c([N+](=O)[O-])c5)nc34)C(C)(C)C2=O)cc1OC. The molecule has 1 aliphatic heterocycles. The first-order valence-corrected chi connectivity index (χ1v) is 13.9. The molecule has 4 aromatic rings. The molecule has 3 aromatic carbocycles. The summed E-state index contributed by atoms with van der Waals surface area (Å²) < 4.78 is 10.6. The third-order valence-electron chi connectivity index (χ3n) is 7.79. The molecule has 0 aliphatic carbocycles. The molecule has 12 heteroatoms. The lowest BCUT2D eigenvalue weighted by atomic mass is 9.76. The minimum Gasteiger partial charge on any atom is -0.502 e. The summed E-state index contributed by atoms with van der Waals surface area (Å²) in [7, 11) is 3.20. The summed E-state index contributed by atoms with van der Waals surface area (Å²) in [5.74, 6) is 0.493. The molecule has 3 N–H and O–H groups in total. The van der Waals surface area contributed by atoms with Gasteiger partial charge in [0, 0.05) is 18.2 Å². The number of phenols is 1. The van der Waals surface area contributed by atoms with Crippen molar-refractivity contribution in [1.82, 2.24) is 20.2 Å². The third kappa shape index (κ3) is 5.48. The zero-order valence-corrected chi connectivity index (χ0v) is 24.4. The Balaban J connectivity index is 1.31. The van der Waals surface area contributed by atoms with Crippen LogP contribution in [0.15, 0.2) is 48.5 Å². The number of ether oxygens (including phenoxy) is 2. The molecular formula is C31H33N5O7. The lowest BCUT2D eigenvalue weighted by molar-refractivity contribution is -0.385.